The van der Waals surface area contributed by atoms with Crippen molar-refractivity contribution >= 4 is 21.8 Å². The van der Waals surface area contributed by atoms with Crippen LogP contribution in [0.2, 0.25) is 0 Å². The number of nitrogens with one attached hydrogen (secondary N) is 1. The summed E-state index contributed by atoms with van der Waals surface area (Å²) >= 11 is 3.35. The van der Waals surface area contributed by atoms with Gasteiger partial charge in [-0.05, 0) is 12.3 Å². The maximum atomic E-state index is 11.1. The van der Waals surface area contributed by atoms with Crippen LogP contribution < -0.4 is 5.32 Å². The van der Waals surface area contributed by atoms with Gasteiger partial charge in [-0.25, -0.2) is 0 Å². The minimum absolute atomic E-state index is 0.0266. The molecular weight excluding hydrogens is 234 g/mol. The summed E-state index contributed by atoms with van der Waals surface area (Å²) in [4.78, 5) is 11.1. The fourth-order valence-corrected chi connectivity index (χ4v) is 0.932. The van der Waals surface area contributed by atoms with E-state index in [0.717, 1.165) is 11.8 Å². The van der Waals surface area contributed by atoms with Crippen molar-refractivity contribution in [3.63, 3.8) is 0 Å². The molecule has 1 unspecified atom stereocenters. The molecule has 13 heavy (non-hydrogen) atoms. The fraction of sp³-hybridized carbons (Fsp3) is 0.889. The number of carbonyl (C=O) groups is 1. The van der Waals surface area contributed by atoms with Crippen LogP contribution in [0.4, 0.5) is 0 Å². The van der Waals surface area contributed by atoms with Gasteiger partial charge in [-0.1, -0.05) is 29.8 Å². The second-order valence-electron chi connectivity index (χ2n) is 3.12. The maximum absolute atomic E-state index is 11.1. The molecule has 0 aromatic carbocycles. The van der Waals surface area contributed by atoms with E-state index in [2.05, 4.69) is 28.2 Å². The summed E-state index contributed by atoms with van der Waals surface area (Å²) in [7, 11) is 0. The number of halogens is 1. The number of hydrogen-bond donors (Lipinski definition) is 1. The molecule has 0 rings (SSSR count). The van der Waals surface area contributed by atoms with Crippen molar-refractivity contribution < 1.29 is 9.53 Å². The molecule has 0 radical (unpaired) electrons. The van der Waals surface area contributed by atoms with Gasteiger partial charge in [-0.15, -0.1) is 0 Å². The lowest BCUT2D eigenvalue weighted by molar-refractivity contribution is -0.125. The minimum atomic E-state index is -0.0266. The Bertz CT molecular complexity index is 142. The van der Waals surface area contributed by atoms with E-state index in [1.54, 1.807) is 0 Å². The first-order valence-electron chi connectivity index (χ1n) is 4.61. The summed E-state index contributed by atoms with van der Waals surface area (Å²) in [6.07, 6.45) is 0.949. The molecule has 0 saturated carbocycles. The molecule has 0 aromatic heterocycles. The third kappa shape index (κ3) is 8.25. The lowest BCUT2D eigenvalue weighted by atomic mass is 10.2. The molecule has 0 aliphatic rings. The summed E-state index contributed by atoms with van der Waals surface area (Å²) in [5.41, 5.74) is 0. The molecule has 0 spiro atoms. The van der Waals surface area contributed by atoms with Crippen LogP contribution in [0.3, 0.4) is 0 Å². The van der Waals surface area contributed by atoms with Crippen molar-refractivity contribution in [3.8, 4) is 0 Å². The lowest BCUT2D eigenvalue weighted by Crippen LogP contribution is -2.31. The highest BCUT2D eigenvalue weighted by Gasteiger charge is 2.03. The molecule has 3 nitrogen and oxygen atoms in total. The molecule has 0 aromatic rings. The standard InChI is InChI=1S/C9H18BrNO2/c1-3-4-13-7-9(12)11-6-8(2)5-10/h8H,3-7H2,1-2H3,(H,11,12). The van der Waals surface area contributed by atoms with E-state index in [4.69, 9.17) is 4.74 Å². The highest BCUT2D eigenvalue weighted by Crippen LogP contribution is 1.96. The van der Waals surface area contributed by atoms with E-state index in [9.17, 15) is 4.79 Å². The van der Waals surface area contributed by atoms with Gasteiger partial charge in [0.2, 0.25) is 5.91 Å². The predicted octanol–water partition coefficient (Wildman–Crippen LogP) is 1.56. The van der Waals surface area contributed by atoms with Gasteiger partial charge >= 0.3 is 0 Å². The first-order valence-corrected chi connectivity index (χ1v) is 5.73. The van der Waals surface area contributed by atoms with Crippen LogP contribution >= 0.6 is 15.9 Å². The minimum Gasteiger partial charge on any atom is -0.372 e. The molecule has 1 atom stereocenters. The largest absolute Gasteiger partial charge is 0.372 e. The first kappa shape index (κ1) is 12.9. The number of ether oxygens (including phenoxy) is 1. The summed E-state index contributed by atoms with van der Waals surface area (Å²) < 4.78 is 5.09. The summed E-state index contributed by atoms with van der Waals surface area (Å²) in [5.74, 6) is 0.441. The van der Waals surface area contributed by atoms with Gasteiger partial charge in [-0.3, -0.25) is 4.79 Å². The quantitative estimate of drug-likeness (QED) is 0.551. The number of carbonyl (C=O) groups excluding carboxylic acids is 1. The van der Waals surface area contributed by atoms with Crippen LogP contribution in [0, 0.1) is 5.92 Å². The van der Waals surface area contributed by atoms with E-state index >= 15 is 0 Å². The van der Waals surface area contributed by atoms with Crippen molar-refractivity contribution in [1.29, 1.82) is 0 Å². The van der Waals surface area contributed by atoms with Gasteiger partial charge in [-0.2, -0.15) is 0 Å². The Kier molecular flexibility index (Phi) is 8.45. The van der Waals surface area contributed by atoms with Crippen molar-refractivity contribution in [3.05, 3.63) is 0 Å². The van der Waals surface area contributed by atoms with Crippen LogP contribution in [0.15, 0.2) is 0 Å². The van der Waals surface area contributed by atoms with E-state index < -0.39 is 0 Å². The number of alkyl halides is 1. The molecule has 0 aliphatic carbocycles. The molecule has 78 valence electrons. The Morgan fingerprint density at radius 2 is 2.31 bits per heavy atom. The van der Waals surface area contributed by atoms with Crippen LogP contribution in [0.5, 0.6) is 0 Å². The van der Waals surface area contributed by atoms with Crippen LogP contribution in [0.1, 0.15) is 20.3 Å². The SMILES string of the molecule is CCCOCC(=O)NCC(C)CBr. The van der Waals surface area contributed by atoms with Gasteiger partial charge in [0.05, 0.1) is 0 Å². The number of hydrogen-bond acceptors (Lipinski definition) is 2. The summed E-state index contributed by atoms with van der Waals surface area (Å²) in [6, 6.07) is 0. The van der Waals surface area contributed by atoms with Gasteiger partial charge in [0.25, 0.3) is 0 Å². The molecular formula is C9H18BrNO2. The van der Waals surface area contributed by atoms with E-state index in [-0.39, 0.29) is 12.5 Å². The molecule has 0 fully saturated rings. The Hall–Kier alpha value is -0.0900. The van der Waals surface area contributed by atoms with Crippen molar-refractivity contribution in [2.45, 2.75) is 20.3 Å². The molecule has 1 amide bonds. The Morgan fingerprint density at radius 3 is 2.85 bits per heavy atom. The molecule has 0 heterocycles. The highest BCUT2D eigenvalue weighted by molar-refractivity contribution is 9.09. The predicted molar refractivity (Wildman–Crippen MR) is 57.1 cm³/mol. The Balaban J connectivity index is 3.30. The van der Waals surface area contributed by atoms with E-state index in [1.807, 2.05) is 6.92 Å². The molecule has 0 aliphatic heterocycles. The van der Waals surface area contributed by atoms with Crippen LogP contribution in [0.25, 0.3) is 0 Å². The second-order valence-corrected chi connectivity index (χ2v) is 3.76. The normalized spacial score (nSPS) is 12.5. The molecule has 0 saturated heterocycles. The second kappa shape index (κ2) is 8.51. The Morgan fingerprint density at radius 1 is 1.62 bits per heavy atom. The zero-order valence-corrected chi connectivity index (χ0v) is 9.89. The lowest BCUT2D eigenvalue weighted by Gasteiger charge is -2.09. The zero-order chi connectivity index (χ0) is 10.1. The first-order chi connectivity index (χ1) is 6.20. The van der Waals surface area contributed by atoms with Crippen molar-refractivity contribution in [2.75, 3.05) is 25.1 Å². The third-order valence-electron chi connectivity index (χ3n) is 1.49. The fourth-order valence-electron chi connectivity index (χ4n) is 0.703. The summed E-state index contributed by atoms with van der Waals surface area (Å²) in [6.45, 7) is 5.64. The van der Waals surface area contributed by atoms with Gasteiger partial charge < -0.3 is 10.1 Å². The smallest absolute Gasteiger partial charge is 0.246 e. The van der Waals surface area contributed by atoms with Gasteiger partial charge in [0.1, 0.15) is 6.61 Å². The zero-order valence-electron chi connectivity index (χ0n) is 8.31. The number of amides is 1. The Labute approximate surface area is 88.4 Å². The van der Waals surface area contributed by atoms with Gasteiger partial charge in [0.15, 0.2) is 0 Å². The summed E-state index contributed by atoms with van der Waals surface area (Å²) in [5, 5.41) is 3.70. The van der Waals surface area contributed by atoms with Gasteiger partial charge in [0, 0.05) is 18.5 Å². The average molecular weight is 252 g/mol. The number of rotatable bonds is 7. The van der Waals surface area contributed by atoms with E-state index in [1.165, 1.54) is 0 Å². The van der Waals surface area contributed by atoms with Crippen LogP contribution in [-0.4, -0.2) is 31.0 Å². The molecule has 0 bridgehead atoms. The maximum Gasteiger partial charge on any atom is 0.246 e. The van der Waals surface area contributed by atoms with Crippen molar-refractivity contribution in [2.24, 2.45) is 5.92 Å². The van der Waals surface area contributed by atoms with Crippen molar-refractivity contribution in [1.82, 2.24) is 5.32 Å². The molecule has 1 N–H and O–H groups in total. The average Bonchev–Trinajstić information content (AvgIpc) is 2.14. The van der Waals surface area contributed by atoms with E-state index in [0.29, 0.717) is 19.1 Å². The highest BCUT2D eigenvalue weighted by atomic mass is 79.9. The monoisotopic (exact) mass is 251 g/mol. The van der Waals surface area contributed by atoms with Crippen LogP contribution in [-0.2, 0) is 9.53 Å². The third-order valence-corrected chi connectivity index (χ3v) is 2.60. The topological polar surface area (TPSA) is 38.3 Å². The molecule has 4 heteroatoms.